The van der Waals surface area contributed by atoms with Gasteiger partial charge in [-0.1, -0.05) is 72.3 Å². The van der Waals surface area contributed by atoms with E-state index in [-0.39, 0.29) is 0 Å². The average Bonchev–Trinajstić information content (AvgIpc) is 3.06. The van der Waals surface area contributed by atoms with Crippen LogP contribution in [-0.4, -0.2) is 9.97 Å². The van der Waals surface area contributed by atoms with Crippen LogP contribution in [0.15, 0.2) is 83.3 Å². The zero-order valence-corrected chi connectivity index (χ0v) is 14.4. The molecule has 0 radical (unpaired) electrons. The standard InChI is InChI=1S/C22H13ClN2O/c23-16-11-12-17-18(13-16)26-22-19(17)20(14-7-3-1-4-8-14)24-21(25-22)15-9-5-2-6-10-15/h1-13H. The molecule has 5 rings (SSSR count). The molecule has 0 bridgehead atoms. The lowest BCUT2D eigenvalue weighted by molar-refractivity contribution is 0.653. The van der Waals surface area contributed by atoms with Gasteiger partial charge >= 0.3 is 0 Å². The average molecular weight is 357 g/mol. The van der Waals surface area contributed by atoms with Crippen molar-refractivity contribution in [2.24, 2.45) is 0 Å². The molecule has 0 spiro atoms. The van der Waals surface area contributed by atoms with Gasteiger partial charge in [0.15, 0.2) is 5.82 Å². The minimum Gasteiger partial charge on any atom is -0.437 e. The zero-order chi connectivity index (χ0) is 17.5. The van der Waals surface area contributed by atoms with Crippen molar-refractivity contribution in [3.05, 3.63) is 83.9 Å². The van der Waals surface area contributed by atoms with Crippen LogP contribution >= 0.6 is 11.6 Å². The minimum absolute atomic E-state index is 0.565. The highest BCUT2D eigenvalue weighted by atomic mass is 35.5. The number of aromatic nitrogens is 2. The van der Waals surface area contributed by atoms with Gasteiger partial charge in [-0.2, -0.15) is 4.98 Å². The number of halogens is 1. The summed E-state index contributed by atoms with van der Waals surface area (Å²) in [5.74, 6) is 0.641. The van der Waals surface area contributed by atoms with Gasteiger partial charge in [0.05, 0.1) is 11.1 Å². The predicted octanol–water partition coefficient (Wildman–Crippen LogP) is 6.36. The van der Waals surface area contributed by atoms with Crippen molar-refractivity contribution < 1.29 is 4.42 Å². The van der Waals surface area contributed by atoms with Gasteiger partial charge in [0.1, 0.15) is 5.58 Å². The lowest BCUT2D eigenvalue weighted by Gasteiger charge is -2.06. The van der Waals surface area contributed by atoms with Crippen molar-refractivity contribution in [2.75, 3.05) is 0 Å². The lowest BCUT2D eigenvalue weighted by atomic mass is 10.1. The van der Waals surface area contributed by atoms with Gasteiger partial charge in [0, 0.05) is 27.6 Å². The highest BCUT2D eigenvalue weighted by molar-refractivity contribution is 6.31. The van der Waals surface area contributed by atoms with Crippen LogP contribution in [0, 0.1) is 0 Å². The molecule has 3 nitrogen and oxygen atoms in total. The number of benzene rings is 3. The lowest BCUT2D eigenvalue weighted by Crippen LogP contribution is -1.93. The molecule has 0 unspecified atom stereocenters. The van der Waals surface area contributed by atoms with E-state index in [1.54, 1.807) is 0 Å². The van der Waals surface area contributed by atoms with Gasteiger partial charge in [-0.15, -0.1) is 0 Å². The summed E-state index contributed by atoms with van der Waals surface area (Å²) >= 11 is 6.13. The van der Waals surface area contributed by atoms with Gasteiger partial charge < -0.3 is 4.42 Å². The maximum absolute atomic E-state index is 6.13. The first-order chi connectivity index (χ1) is 12.8. The van der Waals surface area contributed by atoms with Crippen molar-refractivity contribution in [3.63, 3.8) is 0 Å². The van der Waals surface area contributed by atoms with E-state index in [0.29, 0.717) is 22.1 Å². The highest BCUT2D eigenvalue weighted by Gasteiger charge is 2.18. The van der Waals surface area contributed by atoms with Gasteiger partial charge in [-0.05, 0) is 12.1 Å². The molecule has 0 aliphatic carbocycles. The second kappa shape index (κ2) is 5.97. The molecule has 0 fully saturated rings. The Labute approximate surface area is 154 Å². The number of hydrogen-bond donors (Lipinski definition) is 0. The van der Waals surface area contributed by atoms with Crippen molar-refractivity contribution in [2.45, 2.75) is 0 Å². The van der Waals surface area contributed by atoms with Crippen LogP contribution in [0.4, 0.5) is 0 Å². The number of hydrogen-bond acceptors (Lipinski definition) is 3. The maximum atomic E-state index is 6.13. The predicted molar refractivity (Wildman–Crippen MR) is 105 cm³/mol. The van der Waals surface area contributed by atoms with Crippen molar-refractivity contribution >= 4 is 33.7 Å². The van der Waals surface area contributed by atoms with Crippen molar-refractivity contribution in [1.29, 1.82) is 0 Å². The number of fused-ring (bicyclic) bond motifs is 3. The second-order valence-electron chi connectivity index (χ2n) is 6.05. The summed E-state index contributed by atoms with van der Waals surface area (Å²) in [6.07, 6.45) is 0. The van der Waals surface area contributed by atoms with Crippen LogP contribution in [-0.2, 0) is 0 Å². The molecular weight excluding hydrogens is 344 g/mol. The third-order valence-electron chi connectivity index (χ3n) is 4.37. The molecular formula is C22H13ClN2O. The zero-order valence-electron chi connectivity index (χ0n) is 13.7. The van der Waals surface area contributed by atoms with E-state index in [9.17, 15) is 0 Å². The third-order valence-corrected chi connectivity index (χ3v) is 4.61. The van der Waals surface area contributed by atoms with Crippen molar-refractivity contribution in [1.82, 2.24) is 9.97 Å². The quantitative estimate of drug-likeness (QED) is 0.369. The van der Waals surface area contributed by atoms with Gasteiger partial charge in [0.25, 0.3) is 0 Å². The van der Waals surface area contributed by atoms with E-state index in [2.05, 4.69) is 4.98 Å². The van der Waals surface area contributed by atoms with E-state index in [0.717, 1.165) is 27.6 Å². The molecule has 4 heteroatoms. The van der Waals surface area contributed by atoms with E-state index in [4.69, 9.17) is 21.0 Å². The first kappa shape index (κ1) is 15.1. The van der Waals surface area contributed by atoms with E-state index < -0.39 is 0 Å². The Hall–Kier alpha value is -3.17. The first-order valence-electron chi connectivity index (χ1n) is 8.30. The molecule has 0 amide bonds. The van der Waals surface area contributed by atoms with E-state index >= 15 is 0 Å². The smallest absolute Gasteiger partial charge is 0.231 e. The Morgan fingerprint density at radius 2 is 1.42 bits per heavy atom. The Morgan fingerprint density at radius 3 is 2.15 bits per heavy atom. The van der Waals surface area contributed by atoms with Crippen LogP contribution in [0.3, 0.4) is 0 Å². The van der Waals surface area contributed by atoms with Crippen LogP contribution in [0.2, 0.25) is 5.02 Å². The molecule has 0 N–H and O–H groups in total. The molecule has 0 aliphatic heterocycles. The summed E-state index contributed by atoms with van der Waals surface area (Å²) in [4.78, 5) is 9.56. The number of rotatable bonds is 2. The molecule has 3 aromatic carbocycles. The first-order valence-corrected chi connectivity index (χ1v) is 8.68. The molecule has 0 atom stereocenters. The summed E-state index contributed by atoms with van der Waals surface area (Å²) in [7, 11) is 0. The van der Waals surface area contributed by atoms with Crippen LogP contribution in [0.1, 0.15) is 0 Å². The second-order valence-corrected chi connectivity index (χ2v) is 6.49. The number of furan rings is 1. The molecule has 5 aromatic rings. The highest BCUT2D eigenvalue weighted by Crippen LogP contribution is 2.36. The third kappa shape index (κ3) is 2.45. The van der Waals surface area contributed by atoms with Crippen LogP contribution < -0.4 is 0 Å². The van der Waals surface area contributed by atoms with E-state index in [1.165, 1.54) is 0 Å². The van der Waals surface area contributed by atoms with E-state index in [1.807, 2.05) is 78.9 Å². The summed E-state index contributed by atoms with van der Waals surface area (Å²) in [5, 5.41) is 2.50. The van der Waals surface area contributed by atoms with Gasteiger partial charge in [0.2, 0.25) is 5.71 Å². The SMILES string of the molecule is Clc1ccc2c(c1)oc1nc(-c3ccccc3)nc(-c3ccccc3)c12. The molecule has 0 saturated carbocycles. The van der Waals surface area contributed by atoms with Gasteiger partial charge in [-0.25, -0.2) is 4.98 Å². The Kier molecular flexibility index (Phi) is 3.47. The Balaban J connectivity index is 1.90. The number of nitrogens with zero attached hydrogens (tertiary/aromatic N) is 2. The minimum atomic E-state index is 0.565. The molecule has 26 heavy (non-hydrogen) atoms. The van der Waals surface area contributed by atoms with Crippen LogP contribution in [0.25, 0.3) is 44.7 Å². The fraction of sp³-hybridized carbons (Fsp3) is 0. The summed E-state index contributed by atoms with van der Waals surface area (Å²) in [5.41, 5.74) is 4.11. The fourth-order valence-corrected chi connectivity index (χ4v) is 3.33. The summed E-state index contributed by atoms with van der Waals surface area (Å²) in [6.45, 7) is 0. The Morgan fingerprint density at radius 1 is 0.731 bits per heavy atom. The normalized spacial score (nSPS) is 11.3. The molecule has 2 heterocycles. The summed E-state index contributed by atoms with van der Waals surface area (Å²) < 4.78 is 6.02. The summed E-state index contributed by atoms with van der Waals surface area (Å²) in [6, 6.07) is 25.6. The topological polar surface area (TPSA) is 38.9 Å². The maximum Gasteiger partial charge on any atom is 0.231 e. The largest absolute Gasteiger partial charge is 0.437 e. The monoisotopic (exact) mass is 356 g/mol. The van der Waals surface area contributed by atoms with Crippen molar-refractivity contribution in [3.8, 4) is 22.6 Å². The molecule has 2 aromatic heterocycles. The Bertz CT molecular complexity index is 1230. The van der Waals surface area contributed by atoms with Crippen LogP contribution in [0.5, 0.6) is 0 Å². The van der Waals surface area contributed by atoms with Gasteiger partial charge in [-0.3, -0.25) is 0 Å². The fourth-order valence-electron chi connectivity index (χ4n) is 3.17. The molecule has 0 aliphatic rings. The molecule has 124 valence electrons. The molecule has 0 saturated heterocycles.